The fraction of sp³-hybridized carbons (Fsp3) is 0.367. The van der Waals surface area contributed by atoms with Crippen LogP contribution < -0.4 is 35.0 Å². The number of aromatic carboxylic acids is 1. The number of ether oxygens (including phenoxy) is 1. The zero-order chi connectivity index (χ0) is 48.7. The number of rotatable bonds is 13. The van der Waals surface area contributed by atoms with Gasteiger partial charge in [-0.25, -0.2) is 26.2 Å². The number of amides is 1. The van der Waals surface area contributed by atoms with Gasteiger partial charge in [0.15, 0.2) is 5.54 Å². The summed E-state index contributed by atoms with van der Waals surface area (Å²) in [6.45, 7) is 18.1. The lowest BCUT2D eigenvalue weighted by Crippen LogP contribution is -3.11. The molecular formula is C49H58N4O11S2. The normalized spacial score (nSPS) is 15.8. The summed E-state index contributed by atoms with van der Waals surface area (Å²) < 4.78 is 82.0. The molecule has 7 rings (SSSR count). The fourth-order valence-corrected chi connectivity index (χ4v) is 9.92. The number of nitrogens with zero attached hydrogens (tertiary/aromatic N) is 2. The maximum atomic E-state index is 13.7. The summed E-state index contributed by atoms with van der Waals surface area (Å²) in [4.78, 5) is 30.3. The number of carbonyl (C=O) groups is 2. The van der Waals surface area contributed by atoms with E-state index in [2.05, 4.69) is 26.1 Å². The van der Waals surface area contributed by atoms with Crippen molar-refractivity contribution in [2.45, 2.75) is 66.0 Å². The van der Waals surface area contributed by atoms with Crippen LogP contribution in [0.3, 0.4) is 0 Å². The predicted molar refractivity (Wildman–Crippen MR) is 253 cm³/mol. The van der Waals surface area contributed by atoms with Crippen LogP contribution in [0.25, 0.3) is 16.7 Å². The van der Waals surface area contributed by atoms with Crippen molar-refractivity contribution in [1.82, 2.24) is 9.89 Å². The van der Waals surface area contributed by atoms with E-state index in [9.17, 15) is 45.7 Å². The van der Waals surface area contributed by atoms with Crippen molar-refractivity contribution in [3.8, 4) is 17.2 Å². The van der Waals surface area contributed by atoms with Crippen molar-refractivity contribution in [2.75, 3.05) is 56.7 Å². The smallest absolute Gasteiger partial charge is 0.336 e. The predicted octanol–water partition coefficient (Wildman–Crippen LogP) is 3.35. The molecule has 1 amide bonds. The third-order valence-corrected chi connectivity index (χ3v) is 14.1. The highest BCUT2D eigenvalue weighted by atomic mass is 32.2. The Morgan fingerprint density at radius 2 is 1.39 bits per heavy atom. The Kier molecular flexibility index (Phi) is 14.1. The van der Waals surface area contributed by atoms with E-state index in [1.165, 1.54) is 50.0 Å². The van der Waals surface area contributed by atoms with Crippen LogP contribution in [0.5, 0.6) is 17.2 Å². The van der Waals surface area contributed by atoms with Gasteiger partial charge in [-0.15, -0.1) is 0 Å². The SMILES string of the molecule is CC[NH+](CC)CC.CN1c2cc3c(cc2C(CS(=O)(=O)[O-])=CC1(C)C)C(c1cc(C(=O)NCCc2ccc(O)cc2)ccc1C(=O)O)=c1cc2c(cc1O3)=[N+](C)C(C)(C)C=C2CS(=O)(=O)[O-]. The fourth-order valence-electron chi connectivity index (χ4n) is 8.68. The van der Waals surface area contributed by atoms with E-state index in [1.54, 1.807) is 53.5 Å². The average molecular weight is 943 g/mol. The summed E-state index contributed by atoms with van der Waals surface area (Å²) in [7, 11) is -5.92. The molecule has 0 bridgehead atoms. The van der Waals surface area contributed by atoms with Crippen LogP contribution in [0.4, 0.5) is 5.69 Å². The van der Waals surface area contributed by atoms with Gasteiger partial charge in [0, 0.05) is 66.7 Å². The van der Waals surface area contributed by atoms with Crippen molar-refractivity contribution in [3.63, 3.8) is 0 Å². The highest BCUT2D eigenvalue weighted by molar-refractivity contribution is 7.86. The van der Waals surface area contributed by atoms with E-state index < -0.39 is 54.7 Å². The maximum absolute atomic E-state index is 13.7. The van der Waals surface area contributed by atoms with Crippen LogP contribution >= 0.6 is 0 Å². The van der Waals surface area contributed by atoms with E-state index in [4.69, 9.17) is 4.74 Å². The Morgan fingerprint density at radius 3 is 1.95 bits per heavy atom. The van der Waals surface area contributed by atoms with Gasteiger partial charge in [0.05, 0.1) is 74.1 Å². The summed E-state index contributed by atoms with van der Waals surface area (Å²) in [5.41, 5.74) is 1.73. The van der Waals surface area contributed by atoms with Gasteiger partial charge >= 0.3 is 5.97 Å². The average Bonchev–Trinajstić information content (AvgIpc) is 3.23. The lowest BCUT2D eigenvalue weighted by Gasteiger charge is -2.42. The van der Waals surface area contributed by atoms with Gasteiger partial charge in [0.2, 0.25) is 5.36 Å². The molecule has 0 spiro atoms. The molecule has 4 aromatic rings. The van der Waals surface area contributed by atoms with E-state index in [0.717, 1.165) is 5.56 Å². The van der Waals surface area contributed by atoms with Crippen LogP contribution in [0.2, 0.25) is 0 Å². The number of hydrogen-bond acceptors (Lipinski definition) is 11. The minimum Gasteiger partial charge on any atom is -0.748 e. The summed E-state index contributed by atoms with van der Waals surface area (Å²) in [6.07, 6.45) is 3.82. The van der Waals surface area contributed by atoms with E-state index in [-0.39, 0.29) is 57.2 Å². The lowest BCUT2D eigenvalue weighted by atomic mass is 9.83. The van der Waals surface area contributed by atoms with Gasteiger partial charge in [-0.3, -0.25) is 4.79 Å². The summed E-state index contributed by atoms with van der Waals surface area (Å²) in [5.74, 6) is -2.85. The number of carboxylic acid groups (broad SMARTS) is 1. The molecule has 3 heterocycles. The standard InChI is InChI=1S/C43H43N3O11S2.C6H15N/c1-42(2)20-26(22-58(51,52)53)30-16-33-37(18-35(30)45(42)5)57-38-19-36-31(27(23-59(54,55)56)21-43(3,4)46(36)6)17-34(38)39(33)32-15-25(9-12-29(32)41(49)50)40(48)44-14-13-24-7-10-28(47)11-8-24;1-4-7(5-2)6-3/h7-12,15-21H,13-14,22-23H2,1-6H3,(H4-,44,47,48,49,50,51,52,53,54,55,56);4-6H2,1-3H3. The molecule has 4 N–H and O–H groups in total. The van der Waals surface area contributed by atoms with Gasteiger partial charge in [0.25, 0.3) is 5.91 Å². The molecule has 0 aromatic heterocycles. The molecular weight excluding hydrogens is 885 g/mol. The number of hydrogen-bond donors (Lipinski definition) is 4. The van der Waals surface area contributed by atoms with Crippen molar-refractivity contribution in [3.05, 3.63) is 128 Å². The monoisotopic (exact) mass is 942 g/mol. The molecule has 0 unspecified atom stereocenters. The Hall–Kier alpha value is -5.85. The third kappa shape index (κ3) is 10.7. The molecule has 66 heavy (non-hydrogen) atoms. The zero-order valence-electron chi connectivity index (χ0n) is 38.7. The highest BCUT2D eigenvalue weighted by Crippen LogP contribution is 2.47. The molecule has 17 heteroatoms. The topological polar surface area (TPSA) is 221 Å². The van der Waals surface area contributed by atoms with Gasteiger partial charge in [-0.2, -0.15) is 0 Å². The van der Waals surface area contributed by atoms with E-state index in [1.807, 2.05) is 51.3 Å². The number of quaternary nitrogens is 1. The van der Waals surface area contributed by atoms with Crippen molar-refractivity contribution >= 4 is 54.5 Å². The quantitative estimate of drug-likeness (QED) is 0.0987. The second-order valence-corrected chi connectivity index (χ2v) is 20.7. The second-order valence-electron chi connectivity index (χ2n) is 17.9. The minimum atomic E-state index is -4.77. The van der Waals surface area contributed by atoms with Gasteiger partial charge in [-0.1, -0.05) is 18.2 Å². The van der Waals surface area contributed by atoms with Crippen molar-refractivity contribution in [1.29, 1.82) is 0 Å². The first-order valence-electron chi connectivity index (χ1n) is 21.7. The van der Waals surface area contributed by atoms with Crippen LogP contribution in [0.1, 0.15) is 97.0 Å². The second kappa shape index (κ2) is 18.8. The number of phenolic OH excluding ortho intramolecular Hbond substituents is 1. The number of fused-ring (bicyclic) bond motifs is 4. The summed E-state index contributed by atoms with van der Waals surface area (Å²) in [6, 6.07) is 17.3. The highest BCUT2D eigenvalue weighted by Gasteiger charge is 2.37. The molecule has 0 fully saturated rings. The van der Waals surface area contributed by atoms with Crippen molar-refractivity contribution < 1.29 is 55.4 Å². The van der Waals surface area contributed by atoms with Crippen LogP contribution in [0.15, 0.2) is 78.9 Å². The molecule has 15 nitrogen and oxygen atoms in total. The van der Waals surface area contributed by atoms with Crippen molar-refractivity contribution in [2.24, 2.45) is 0 Å². The Bertz CT molecular complexity index is 3020. The van der Waals surface area contributed by atoms with Crippen LogP contribution in [0, 0.1) is 0 Å². The summed E-state index contributed by atoms with van der Waals surface area (Å²) >= 11 is 0. The maximum Gasteiger partial charge on any atom is 0.336 e. The van der Waals surface area contributed by atoms with Crippen LogP contribution in [-0.2, 0) is 26.7 Å². The Labute approximate surface area is 386 Å². The number of carbonyl (C=O) groups excluding carboxylic acids is 1. The number of benzene rings is 4. The van der Waals surface area contributed by atoms with E-state index in [0.29, 0.717) is 39.4 Å². The molecule has 3 aliphatic rings. The third-order valence-electron chi connectivity index (χ3n) is 12.7. The molecule has 352 valence electrons. The minimum absolute atomic E-state index is 0.0901. The van der Waals surface area contributed by atoms with E-state index >= 15 is 0 Å². The molecule has 0 saturated carbocycles. The number of likely N-dealkylation sites (N-methyl/N-ethyl adjacent to an activating group) is 2. The Balaban J connectivity index is 0.000000952. The number of anilines is 1. The molecule has 3 aliphatic heterocycles. The molecule has 0 radical (unpaired) electrons. The van der Waals surface area contributed by atoms with Crippen LogP contribution in [-0.4, -0.2) is 111 Å². The Morgan fingerprint density at radius 1 is 0.788 bits per heavy atom. The zero-order valence-corrected chi connectivity index (χ0v) is 40.4. The number of aromatic hydroxyl groups is 1. The van der Waals surface area contributed by atoms with Gasteiger partial charge in [0.1, 0.15) is 24.3 Å². The molecule has 0 saturated heterocycles. The first-order valence-corrected chi connectivity index (χ1v) is 24.9. The lowest BCUT2D eigenvalue weighted by molar-refractivity contribution is -0.894. The number of phenols is 1. The van der Waals surface area contributed by atoms with Gasteiger partial charge < -0.3 is 39.2 Å². The first kappa shape index (κ1) is 49.6. The molecule has 0 aliphatic carbocycles. The van der Waals surface area contributed by atoms with Gasteiger partial charge in [-0.05, 0) is 112 Å². The molecule has 4 aromatic carbocycles. The first-order chi connectivity index (χ1) is 30.8. The summed E-state index contributed by atoms with van der Waals surface area (Å²) in [5, 5.41) is 24.0. The number of nitrogens with one attached hydrogen (secondary N) is 2. The largest absolute Gasteiger partial charge is 0.748 e. The molecule has 0 atom stereocenters. The number of carboxylic acids is 1.